The smallest absolute Gasteiger partial charge is 0.267 e. The molecule has 2 aromatic carbocycles. The first-order valence-corrected chi connectivity index (χ1v) is 14.1. The molecule has 200 valence electrons. The molecule has 1 amide bonds. The molecular formula is C32H34N4O2S. The molecule has 5 rings (SSSR count). The van der Waals surface area contributed by atoms with Gasteiger partial charge >= 0.3 is 0 Å². The highest BCUT2D eigenvalue weighted by Gasteiger charge is 2.35. The number of hydrogen-bond donors (Lipinski definition) is 0. The summed E-state index contributed by atoms with van der Waals surface area (Å²) in [5.74, 6) is 0.660. The molecule has 0 unspecified atom stereocenters. The minimum atomic E-state index is -0.0923. The van der Waals surface area contributed by atoms with E-state index in [-0.39, 0.29) is 11.4 Å². The first-order valence-electron chi connectivity index (χ1n) is 13.2. The fourth-order valence-electron chi connectivity index (χ4n) is 5.20. The summed E-state index contributed by atoms with van der Waals surface area (Å²) in [6, 6.07) is 17.8. The number of aromatic nitrogens is 1. The van der Waals surface area contributed by atoms with E-state index in [1.165, 1.54) is 17.3 Å². The zero-order valence-corrected chi connectivity index (χ0v) is 24.0. The number of pyridine rings is 1. The number of nitrogens with zero attached hydrogens (tertiary/aromatic N) is 4. The normalized spacial score (nSPS) is 18.5. The summed E-state index contributed by atoms with van der Waals surface area (Å²) in [7, 11) is 1.69. The lowest BCUT2D eigenvalue weighted by Gasteiger charge is -2.43. The van der Waals surface area contributed by atoms with E-state index in [0.29, 0.717) is 16.6 Å². The molecule has 1 saturated heterocycles. The number of aliphatic imine (C=N–C) groups is 1. The molecule has 3 heterocycles. The molecule has 2 aliphatic rings. The number of hydrogen-bond acceptors (Lipinski definition) is 6. The minimum Gasteiger partial charge on any atom is -0.496 e. The van der Waals surface area contributed by atoms with Crippen LogP contribution in [0, 0.1) is 0 Å². The van der Waals surface area contributed by atoms with Gasteiger partial charge in [-0.15, -0.1) is 0 Å². The molecule has 0 atom stereocenters. The maximum atomic E-state index is 13.8. The van der Waals surface area contributed by atoms with Gasteiger partial charge in [0.05, 0.1) is 29.8 Å². The Balaban J connectivity index is 1.57. The standard InChI is InChI=1S/C32H34N4O2S/c1-6-15-36-27-18-28(38-5)24(16-26(27)22(2)19-32(36,3)4)17-29-30(37)35(21-23-11-10-14-33-20-23)31(39-29)34-25-12-8-7-9-13-25/h7-14,16-20H,6,15,21H2,1-5H3/b29-17+,34-31?. The molecule has 0 N–H and O–H groups in total. The molecule has 1 fully saturated rings. The predicted octanol–water partition coefficient (Wildman–Crippen LogP) is 7.31. The van der Waals surface area contributed by atoms with Gasteiger partial charge in [-0.25, -0.2) is 4.99 Å². The summed E-state index contributed by atoms with van der Waals surface area (Å²) < 4.78 is 5.87. The van der Waals surface area contributed by atoms with E-state index < -0.39 is 0 Å². The molecule has 6 nitrogen and oxygen atoms in total. The molecule has 0 radical (unpaired) electrons. The van der Waals surface area contributed by atoms with Crippen molar-refractivity contribution in [2.75, 3.05) is 18.6 Å². The van der Waals surface area contributed by atoms with Crippen molar-refractivity contribution in [1.82, 2.24) is 9.88 Å². The fourth-order valence-corrected chi connectivity index (χ4v) is 6.19. The third-order valence-electron chi connectivity index (χ3n) is 7.00. The Bertz CT molecular complexity index is 1460. The van der Waals surface area contributed by atoms with Crippen molar-refractivity contribution >= 4 is 45.9 Å². The molecule has 1 aromatic heterocycles. The monoisotopic (exact) mass is 538 g/mol. The van der Waals surface area contributed by atoms with Crippen molar-refractivity contribution in [2.45, 2.75) is 46.2 Å². The zero-order chi connectivity index (χ0) is 27.6. The topological polar surface area (TPSA) is 58.0 Å². The second-order valence-corrected chi connectivity index (χ2v) is 11.3. The van der Waals surface area contributed by atoms with Crippen LogP contribution in [0.15, 0.2) is 83.0 Å². The number of para-hydroxylation sites is 1. The van der Waals surface area contributed by atoms with Gasteiger partial charge in [0.25, 0.3) is 5.91 Å². The van der Waals surface area contributed by atoms with Crippen LogP contribution in [0.5, 0.6) is 5.75 Å². The number of methoxy groups -OCH3 is 1. The molecule has 3 aromatic rings. The van der Waals surface area contributed by atoms with Crippen LogP contribution in [0.1, 0.15) is 50.8 Å². The van der Waals surface area contributed by atoms with E-state index in [1.807, 2.05) is 48.5 Å². The molecule has 0 saturated carbocycles. The summed E-state index contributed by atoms with van der Waals surface area (Å²) in [4.78, 5) is 27.6. The molecular weight excluding hydrogens is 504 g/mol. The Kier molecular flexibility index (Phi) is 7.62. The van der Waals surface area contributed by atoms with Crippen LogP contribution in [-0.2, 0) is 11.3 Å². The highest BCUT2D eigenvalue weighted by Crippen LogP contribution is 2.44. The van der Waals surface area contributed by atoms with Crippen LogP contribution >= 0.6 is 11.8 Å². The maximum absolute atomic E-state index is 13.8. The highest BCUT2D eigenvalue weighted by molar-refractivity contribution is 8.18. The number of fused-ring (bicyclic) bond motifs is 1. The number of amidine groups is 1. The van der Waals surface area contributed by atoms with E-state index in [2.05, 4.69) is 55.8 Å². The Morgan fingerprint density at radius 3 is 2.62 bits per heavy atom. The van der Waals surface area contributed by atoms with E-state index >= 15 is 0 Å². The Morgan fingerprint density at radius 1 is 1.13 bits per heavy atom. The first-order chi connectivity index (χ1) is 18.8. The van der Waals surface area contributed by atoms with Gasteiger partial charge in [-0.1, -0.05) is 37.3 Å². The number of benzene rings is 2. The number of allylic oxidation sites excluding steroid dienone is 1. The minimum absolute atomic E-state index is 0.0840. The number of thioether (sulfide) groups is 1. The highest BCUT2D eigenvalue weighted by atomic mass is 32.2. The van der Waals surface area contributed by atoms with Crippen LogP contribution in [0.3, 0.4) is 0 Å². The van der Waals surface area contributed by atoms with Crippen LogP contribution in [0.25, 0.3) is 11.6 Å². The summed E-state index contributed by atoms with van der Waals surface area (Å²) in [5, 5.41) is 0.644. The fraction of sp³-hybridized carbons (Fsp3) is 0.281. The van der Waals surface area contributed by atoms with Crippen molar-refractivity contribution < 1.29 is 9.53 Å². The summed E-state index contributed by atoms with van der Waals surface area (Å²) in [6.45, 7) is 10.2. The second-order valence-electron chi connectivity index (χ2n) is 10.3. The van der Waals surface area contributed by atoms with E-state index in [0.717, 1.165) is 46.8 Å². The van der Waals surface area contributed by atoms with Gasteiger partial charge in [-0.05, 0) is 80.4 Å². The number of ether oxygens (including phenoxy) is 1. The van der Waals surface area contributed by atoms with Gasteiger partial charge in [0, 0.05) is 41.8 Å². The Hall–Kier alpha value is -3.84. The quantitative estimate of drug-likeness (QED) is 0.295. The van der Waals surface area contributed by atoms with Gasteiger partial charge in [-0.3, -0.25) is 14.7 Å². The average molecular weight is 539 g/mol. The molecule has 0 spiro atoms. The van der Waals surface area contributed by atoms with Crippen molar-refractivity contribution in [3.8, 4) is 5.75 Å². The molecule has 7 heteroatoms. The van der Waals surface area contributed by atoms with Crippen molar-refractivity contribution in [2.24, 2.45) is 4.99 Å². The van der Waals surface area contributed by atoms with Gasteiger partial charge < -0.3 is 9.64 Å². The Labute approximate surface area is 235 Å². The number of carbonyl (C=O) groups is 1. The van der Waals surface area contributed by atoms with Gasteiger partial charge in [-0.2, -0.15) is 0 Å². The average Bonchev–Trinajstić information content (AvgIpc) is 3.20. The van der Waals surface area contributed by atoms with Crippen LogP contribution < -0.4 is 9.64 Å². The SMILES string of the molecule is CCCN1c2cc(OC)c(/C=C3/SC(=Nc4ccccc4)N(Cc4cccnc4)C3=O)cc2C(C)=CC1(C)C. The lowest BCUT2D eigenvalue weighted by molar-refractivity contribution is -0.122. The van der Waals surface area contributed by atoms with Gasteiger partial charge in [0.1, 0.15) is 5.75 Å². The van der Waals surface area contributed by atoms with Gasteiger partial charge in [0.2, 0.25) is 0 Å². The predicted molar refractivity (Wildman–Crippen MR) is 162 cm³/mol. The lowest BCUT2D eigenvalue weighted by atomic mass is 9.87. The van der Waals surface area contributed by atoms with Crippen molar-refractivity contribution in [3.63, 3.8) is 0 Å². The number of amides is 1. The van der Waals surface area contributed by atoms with Crippen molar-refractivity contribution in [3.05, 3.63) is 94.7 Å². The molecule has 2 aliphatic heterocycles. The number of carbonyl (C=O) groups excluding carboxylic acids is 1. The Morgan fingerprint density at radius 2 is 1.92 bits per heavy atom. The summed E-state index contributed by atoms with van der Waals surface area (Å²) in [6.07, 6.45) is 8.82. The molecule has 39 heavy (non-hydrogen) atoms. The number of rotatable bonds is 7. The van der Waals surface area contributed by atoms with Gasteiger partial charge in [0.15, 0.2) is 5.17 Å². The van der Waals surface area contributed by atoms with Crippen LogP contribution in [0.4, 0.5) is 11.4 Å². The number of anilines is 1. The zero-order valence-electron chi connectivity index (χ0n) is 23.1. The second kappa shape index (κ2) is 11.1. The molecule has 0 aliphatic carbocycles. The van der Waals surface area contributed by atoms with E-state index in [9.17, 15) is 4.79 Å². The maximum Gasteiger partial charge on any atom is 0.267 e. The third kappa shape index (κ3) is 5.50. The summed E-state index contributed by atoms with van der Waals surface area (Å²) >= 11 is 1.39. The van der Waals surface area contributed by atoms with E-state index in [1.54, 1.807) is 24.4 Å². The summed E-state index contributed by atoms with van der Waals surface area (Å²) in [5.41, 5.74) is 6.07. The van der Waals surface area contributed by atoms with Crippen LogP contribution in [-0.4, -0.2) is 40.2 Å². The largest absolute Gasteiger partial charge is 0.496 e. The lowest BCUT2D eigenvalue weighted by Crippen LogP contribution is -2.45. The third-order valence-corrected chi connectivity index (χ3v) is 8.00. The first kappa shape index (κ1) is 26.8. The van der Waals surface area contributed by atoms with Crippen molar-refractivity contribution in [1.29, 1.82) is 0 Å². The van der Waals surface area contributed by atoms with E-state index in [4.69, 9.17) is 9.73 Å². The van der Waals surface area contributed by atoms with Crippen LogP contribution in [0.2, 0.25) is 0 Å². The molecule has 0 bridgehead atoms.